The van der Waals surface area contributed by atoms with Gasteiger partial charge in [-0.15, -0.1) is 10.2 Å². The lowest BCUT2D eigenvalue weighted by atomic mass is 10.0. The van der Waals surface area contributed by atoms with Crippen molar-refractivity contribution in [2.45, 2.75) is 44.4 Å². The lowest BCUT2D eigenvalue weighted by Gasteiger charge is -2.11. The Morgan fingerprint density at radius 1 is 0.488 bits per heavy atom. The minimum Gasteiger partial charge on any atom is -0.282 e. The zero-order valence-corrected chi connectivity index (χ0v) is 25.6. The molecule has 0 aliphatic heterocycles. The van der Waals surface area contributed by atoms with E-state index in [0.717, 1.165) is 39.2 Å². The molecule has 220 valence electrons. The minimum absolute atomic E-state index is 0.0758. The molecule has 0 spiro atoms. The van der Waals surface area contributed by atoms with Crippen LogP contribution in [0.15, 0.2) is 97.0 Å². The van der Waals surface area contributed by atoms with Crippen LogP contribution in [0.4, 0.5) is 22.7 Å². The predicted octanol–water partition coefficient (Wildman–Crippen LogP) is 8.86. The van der Waals surface area contributed by atoms with Crippen molar-refractivity contribution in [3.05, 3.63) is 94.5 Å². The number of nitrogens with zero attached hydrogens (tertiary/aromatic N) is 4. The van der Waals surface area contributed by atoms with Crippen molar-refractivity contribution in [2.24, 2.45) is 20.5 Å². The second-order valence-electron chi connectivity index (χ2n) is 10.5. The SMILES string of the molecule is Cc1ccc2c(C)ccc(N=Nc3cc(C)c(N=Nc4c(S(=O)(=O)O)ccc5c(C)cc(S(=O)(=O)O)cc45)cc3C)c2c1. The third kappa shape index (κ3) is 6.09. The Morgan fingerprint density at radius 3 is 1.70 bits per heavy atom. The molecule has 0 aromatic heterocycles. The van der Waals surface area contributed by atoms with Gasteiger partial charge in [0.05, 0.1) is 22.0 Å². The van der Waals surface area contributed by atoms with Gasteiger partial charge in [0, 0.05) is 10.8 Å². The van der Waals surface area contributed by atoms with Gasteiger partial charge in [0.1, 0.15) is 10.6 Å². The van der Waals surface area contributed by atoms with Crippen LogP contribution >= 0.6 is 0 Å². The van der Waals surface area contributed by atoms with Crippen molar-refractivity contribution < 1.29 is 25.9 Å². The molecule has 0 heterocycles. The molecule has 12 heteroatoms. The Kier molecular flexibility index (Phi) is 7.73. The van der Waals surface area contributed by atoms with Gasteiger partial charge in [-0.2, -0.15) is 27.1 Å². The molecule has 0 bridgehead atoms. The fourth-order valence-electron chi connectivity index (χ4n) is 4.91. The second-order valence-corrected chi connectivity index (χ2v) is 13.3. The van der Waals surface area contributed by atoms with Crippen LogP contribution in [0.2, 0.25) is 0 Å². The first-order valence-corrected chi connectivity index (χ1v) is 16.0. The number of fused-ring (bicyclic) bond motifs is 2. The van der Waals surface area contributed by atoms with Gasteiger partial charge in [0.25, 0.3) is 20.2 Å². The summed E-state index contributed by atoms with van der Waals surface area (Å²) in [6, 6.07) is 18.6. The summed E-state index contributed by atoms with van der Waals surface area (Å²) in [4.78, 5) is -1.00. The van der Waals surface area contributed by atoms with Gasteiger partial charge >= 0.3 is 0 Å². The lowest BCUT2D eigenvalue weighted by Crippen LogP contribution is -2.01. The summed E-state index contributed by atoms with van der Waals surface area (Å²) in [6.45, 7) is 9.28. The fraction of sp³-hybridized carbons (Fsp3) is 0.161. The van der Waals surface area contributed by atoms with Crippen LogP contribution in [0, 0.1) is 34.6 Å². The van der Waals surface area contributed by atoms with Crippen LogP contribution in [0.25, 0.3) is 21.5 Å². The van der Waals surface area contributed by atoms with Crippen LogP contribution in [0.3, 0.4) is 0 Å². The molecule has 0 unspecified atom stereocenters. The average Bonchev–Trinajstić information content (AvgIpc) is 2.92. The highest BCUT2D eigenvalue weighted by Gasteiger charge is 2.21. The quantitative estimate of drug-likeness (QED) is 0.143. The molecule has 5 aromatic rings. The van der Waals surface area contributed by atoms with Gasteiger partial charge in [0.2, 0.25) is 0 Å². The summed E-state index contributed by atoms with van der Waals surface area (Å²) >= 11 is 0. The van der Waals surface area contributed by atoms with E-state index < -0.39 is 30.0 Å². The summed E-state index contributed by atoms with van der Waals surface area (Å²) < 4.78 is 67.7. The Hall–Kier alpha value is -4.36. The van der Waals surface area contributed by atoms with Gasteiger partial charge in [-0.3, -0.25) is 9.11 Å². The van der Waals surface area contributed by atoms with Crippen LogP contribution in [0.1, 0.15) is 27.8 Å². The van der Waals surface area contributed by atoms with E-state index in [0.29, 0.717) is 27.9 Å². The molecule has 5 rings (SSSR count). The first-order chi connectivity index (χ1) is 20.1. The third-order valence-electron chi connectivity index (χ3n) is 7.23. The van der Waals surface area contributed by atoms with Crippen LogP contribution in [-0.4, -0.2) is 25.9 Å². The number of rotatable bonds is 6. The molecule has 0 amide bonds. The number of aryl methyl sites for hydroxylation is 5. The zero-order chi connectivity index (χ0) is 31.3. The Bertz CT molecular complexity index is 2240. The molecule has 0 aliphatic rings. The highest BCUT2D eigenvalue weighted by atomic mass is 32.2. The standard InChI is InChI=1S/C31H28N4O6S2/c1-17-6-8-23-18(2)7-10-27(25(23)12-17)32-33-28-14-21(5)29(15-20(28)4)34-35-31-26-16-22(42(36,37)38)13-19(3)24(26)9-11-30(31)43(39,40)41/h6-16H,1-5H3,(H,36,37,38)(H,39,40,41). The molecule has 0 radical (unpaired) electrons. The predicted molar refractivity (Wildman–Crippen MR) is 166 cm³/mol. The summed E-state index contributed by atoms with van der Waals surface area (Å²) in [6.07, 6.45) is 0. The van der Waals surface area contributed by atoms with Crippen molar-refractivity contribution >= 4 is 64.5 Å². The van der Waals surface area contributed by atoms with E-state index in [-0.39, 0.29) is 11.1 Å². The van der Waals surface area contributed by atoms with Crippen molar-refractivity contribution in [1.29, 1.82) is 0 Å². The van der Waals surface area contributed by atoms with Crippen molar-refractivity contribution in [3.8, 4) is 0 Å². The van der Waals surface area contributed by atoms with Crippen LogP contribution in [-0.2, 0) is 20.2 Å². The molecule has 43 heavy (non-hydrogen) atoms. The minimum atomic E-state index is -4.76. The largest absolute Gasteiger partial charge is 0.296 e. The summed E-state index contributed by atoms with van der Waals surface area (Å²) in [5.74, 6) is 0. The van der Waals surface area contributed by atoms with E-state index in [1.165, 1.54) is 18.2 Å². The van der Waals surface area contributed by atoms with E-state index in [9.17, 15) is 25.9 Å². The van der Waals surface area contributed by atoms with Crippen LogP contribution in [0.5, 0.6) is 0 Å². The smallest absolute Gasteiger partial charge is 0.282 e. The maximum atomic E-state index is 12.2. The average molecular weight is 617 g/mol. The normalized spacial score (nSPS) is 12.7. The van der Waals surface area contributed by atoms with Crippen molar-refractivity contribution in [3.63, 3.8) is 0 Å². The van der Waals surface area contributed by atoms with Crippen LogP contribution < -0.4 is 0 Å². The molecular weight excluding hydrogens is 588 g/mol. The maximum Gasteiger partial charge on any atom is 0.296 e. The zero-order valence-electron chi connectivity index (χ0n) is 24.0. The highest BCUT2D eigenvalue weighted by Crippen LogP contribution is 2.39. The molecule has 0 saturated heterocycles. The summed E-state index contributed by atoms with van der Waals surface area (Å²) in [7, 11) is -9.38. The monoisotopic (exact) mass is 616 g/mol. The van der Waals surface area contributed by atoms with E-state index in [1.807, 2.05) is 32.9 Å². The second kappa shape index (κ2) is 11.0. The van der Waals surface area contributed by atoms with Crippen molar-refractivity contribution in [1.82, 2.24) is 0 Å². The molecular formula is C31H28N4O6S2. The lowest BCUT2D eigenvalue weighted by molar-refractivity contribution is 0.481. The molecule has 0 fully saturated rings. The number of azo groups is 2. The molecule has 0 atom stereocenters. The van der Waals surface area contributed by atoms with Crippen molar-refractivity contribution in [2.75, 3.05) is 0 Å². The topological polar surface area (TPSA) is 158 Å². The van der Waals surface area contributed by atoms with E-state index in [4.69, 9.17) is 0 Å². The Labute approximate surface area is 249 Å². The molecule has 10 nitrogen and oxygen atoms in total. The first kappa shape index (κ1) is 30.1. The van der Waals surface area contributed by atoms with Gasteiger partial charge < -0.3 is 0 Å². The summed E-state index contributed by atoms with van der Waals surface area (Å²) in [5, 5.41) is 20.1. The molecule has 0 aliphatic carbocycles. The molecule has 2 N–H and O–H groups in total. The van der Waals surface area contributed by atoms with E-state index >= 15 is 0 Å². The Balaban J connectivity index is 1.59. The van der Waals surface area contributed by atoms with Gasteiger partial charge in [-0.1, -0.05) is 29.8 Å². The fourth-order valence-corrected chi connectivity index (χ4v) is 6.14. The number of benzene rings is 5. The number of hydrogen-bond donors (Lipinski definition) is 2. The van der Waals surface area contributed by atoms with E-state index in [1.54, 1.807) is 26.0 Å². The van der Waals surface area contributed by atoms with Gasteiger partial charge in [-0.25, -0.2) is 0 Å². The van der Waals surface area contributed by atoms with Gasteiger partial charge in [0.15, 0.2) is 0 Å². The van der Waals surface area contributed by atoms with E-state index in [2.05, 4.69) is 38.7 Å². The Morgan fingerprint density at radius 2 is 1.07 bits per heavy atom. The number of hydrogen-bond acceptors (Lipinski definition) is 8. The maximum absolute atomic E-state index is 12.2. The third-order valence-corrected chi connectivity index (χ3v) is 8.95. The summed E-state index contributed by atoms with van der Waals surface area (Å²) in [5.41, 5.74) is 5.57. The molecule has 5 aromatic carbocycles. The first-order valence-electron chi connectivity index (χ1n) is 13.1. The van der Waals surface area contributed by atoms with Gasteiger partial charge in [-0.05, 0) is 110 Å². The highest BCUT2D eigenvalue weighted by molar-refractivity contribution is 7.86. The molecule has 0 saturated carbocycles.